The van der Waals surface area contributed by atoms with Gasteiger partial charge in [0.05, 0.1) is 0 Å². The van der Waals surface area contributed by atoms with Crippen LogP contribution in [0.4, 0.5) is 0 Å². The summed E-state index contributed by atoms with van der Waals surface area (Å²) in [6.45, 7) is 13.3. The van der Waals surface area contributed by atoms with Crippen LogP contribution in [0.2, 0.25) is 0 Å². The summed E-state index contributed by atoms with van der Waals surface area (Å²) in [5.74, 6) is 0.353. The van der Waals surface area contributed by atoms with Crippen molar-refractivity contribution in [1.82, 2.24) is 0 Å². The summed E-state index contributed by atoms with van der Waals surface area (Å²) in [5, 5.41) is 10.1. The second kappa shape index (κ2) is 4.34. The van der Waals surface area contributed by atoms with Crippen LogP contribution in [0.1, 0.15) is 58.2 Å². The number of aromatic hydroxyl groups is 1. The lowest BCUT2D eigenvalue weighted by Crippen LogP contribution is -2.22. The van der Waals surface area contributed by atoms with Gasteiger partial charge in [0.25, 0.3) is 0 Å². The average Bonchev–Trinajstić information content (AvgIpc) is 2.12. The number of benzene rings is 1. The van der Waals surface area contributed by atoms with Gasteiger partial charge in [0, 0.05) is 12.1 Å². The van der Waals surface area contributed by atoms with Crippen molar-refractivity contribution < 1.29 is 5.11 Å². The molecule has 0 aliphatic rings. The molecule has 1 rings (SSSR count). The minimum absolute atomic E-state index is 0.0441. The number of nitrogens with two attached hydrogens (primary N) is 1. The highest BCUT2D eigenvalue weighted by Gasteiger charge is 2.27. The van der Waals surface area contributed by atoms with Crippen molar-refractivity contribution in [1.29, 1.82) is 0 Å². The van der Waals surface area contributed by atoms with E-state index in [9.17, 15) is 5.11 Å². The van der Waals surface area contributed by atoms with Crippen LogP contribution in [-0.4, -0.2) is 5.11 Å². The first-order chi connectivity index (χ1) is 7.59. The van der Waals surface area contributed by atoms with E-state index in [0.717, 1.165) is 11.1 Å². The van der Waals surface area contributed by atoms with E-state index in [0.29, 0.717) is 12.3 Å². The van der Waals surface area contributed by atoms with Crippen LogP contribution in [0.5, 0.6) is 5.75 Å². The minimum Gasteiger partial charge on any atom is -0.508 e. The van der Waals surface area contributed by atoms with Crippen LogP contribution in [-0.2, 0) is 17.4 Å². The third-order valence-electron chi connectivity index (χ3n) is 3.05. The molecule has 0 spiro atoms. The van der Waals surface area contributed by atoms with Gasteiger partial charge in [0.2, 0.25) is 0 Å². The van der Waals surface area contributed by atoms with E-state index in [-0.39, 0.29) is 10.8 Å². The first kappa shape index (κ1) is 14.0. The van der Waals surface area contributed by atoms with E-state index < -0.39 is 0 Å². The van der Waals surface area contributed by atoms with Crippen molar-refractivity contribution in [2.45, 2.75) is 58.9 Å². The van der Waals surface area contributed by atoms with Gasteiger partial charge in [-0.1, -0.05) is 47.6 Å². The fourth-order valence-electron chi connectivity index (χ4n) is 2.39. The van der Waals surface area contributed by atoms with Gasteiger partial charge < -0.3 is 10.8 Å². The average molecular weight is 235 g/mol. The normalized spacial score (nSPS) is 12.9. The fraction of sp³-hybridized carbons (Fsp3) is 0.600. The molecule has 0 saturated carbocycles. The van der Waals surface area contributed by atoms with Gasteiger partial charge in [-0.15, -0.1) is 0 Å². The molecule has 96 valence electrons. The Morgan fingerprint density at radius 2 is 1.53 bits per heavy atom. The second-order valence-electron chi connectivity index (χ2n) is 6.69. The Morgan fingerprint density at radius 1 is 1.00 bits per heavy atom. The fourth-order valence-corrected chi connectivity index (χ4v) is 2.39. The molecule has 0 saturated heterocycles. The SMILES string of the molecule is CC(C)(C)c1ccc(O)c(C(C)(C)C)c1CN. The van der Waals surface area contributed by atoms with Gasteiger partial charge in [-0.2, -0.15) is 0 Å². The molecule has 17 heavy (non-hydrogen) atoms. The Labute approximate surface area is 105 Å². The van der Waals surface area contributed by atoms with Gasteiger partial charge in [-0.25, -0.2) is 0 Å². The Kier molecular flexibility index (Phi) is 3.58. The summed E-state index contributed by atoms with van der Waals surface area (Å²) in [7, 11) is 0. The smallest absolute Gasteiger partial charge is 0.119 e. The Morgan fingerprint density at radius 3 is 1.88 bits per heavy atom. The molecule has 0 amide bonds. The first-order valence-corrected chi connectivity index (χ1v) is 6.15. The molecule has 0 bridgehead atoms. The molecule has 0 radical (unpaired) electrons. The molecule has 0 heterocycles. The molecule has 3 N–H and O–H groups in total. The van der Waals surface area contributed by atoms with Crippen LogP contribution in [0.25, 0.3) is 0 Å². The lowest BCUT2D eigenvalue weighted by molar-refractivity contribution is 0.441. The summed E-state index contributed by atoms with van der Waals surface area (Å²) in [6, 6.07) is 3.78. The van der Waals surface area contributed by atoms with Gasteiger partial charge >= 0.3 is 0 Å². The van der Waals surface area contributed by atoms with E-state index in [1.54, 1.807) is 6.07 Å². The molecule has 0 aliphatic heterocycles. The quantitative estimate of drug-likeness (QED) is 0.783. The van der Waals surface area contributed by atoms with Gasteiger partial charge in [0.1, 0.15) is 5.75 Å². The molecular formula is C15H25NO. The monoisotopic (exact) mass is 235 g/mol. The number of rotatable bonds is 1. The molecule has 0 atom stereocenters. The highest BCUT2D eigenvalue weighted by atomic mass is 16.3. The van der Waals surface area contributed by atoms with Crippen LogP contribution < -0.4 is 5.73 Å². The number of phenols is 1. The van der Waals surface area contributed by atoms with E-state index in [1.165, 1.54) is 5.56 Å². The van der Waals surface area contributed by atoms with Gasteiger partial charge in [-0.05, 0) is 28.0 Å². The van der Waals surface area contributed by atoms with Crippen LogP contribution >= 0.6 is 0 Å². The molecule has 2 nitrogen and oxygen atoms in total. The molecule has 0 unspecified atom stereocenters. The van der Waals surface area contributed by atoms with Crippen molar-refractivity contribution in [3.05, 3.63) is 28.8 Å². The Balaban J connectivity index is 3.60. The van der Waals surface area contributed by atoms with Gasteiger partial charge in [0.15, 0.2) is 0 Å². The largest absolute Gasteiger partial charge is 0.508 e. The van der Waals surface area contributed by atoms with Crippen molar-refractivity contribution in [2.75, 3.05) is 0 Å². The van der Waals surface area contributed by atoms with E-state index in [2.05, 4.69) is 41.5 Å². The number of phenolic OH excluding ortho intramolecular Hbond substituents is 1. The number of hydrogen-bond acceptors (Lipinski definition) is 2. The predicted octanol–water partition coefficient (Wildman–Crippen LogP) is 3.45. The highest BCUT2D eigenvalue weighted by Crippen LogP contribution is 2.38. The van der Waals surface area contributed by atoms with Crippen LogP contribution in [0.3, 0.4) is 0 Å². The molecule has 0 aliphatic carbocycles. The second-order valence-corrected chi connectivity index (χ2v) is 6.69. The van der Waals surface area contributed by atoms with Crippen LogP contribution in [0.15, 0.2) is 12.1 Å². The molecule has 1 aromatic carbocycles. The molecule has 0 fully saturated rings. The maximum atomic E-state index is 10.1. The van der Waals surface area contributed by atoms with Crippen molar-refractivity contribution >= 4 is 0 Å². The summed E-state index contributed by atoms with van der Waals surface area (Å²) in [6.07, 6.45) is 0. The van der Waals surface area contributed by atoms with E-state index in [4.69, 9.17) is 5.73 Å². The zero-order valence-electron chi connectivity index (χ0n) is 11.9. The van der Waals surface area contributed by atoms with E-state index >= 15 is 0 Å². The summed E-state index contributed by atoms with van der Waals surface area (Å²) in [4.78, 5) is 0. The lowest BCUT2D eigenvalue weighted by atomic mass is 9.76. The first-order valence-electron chi connectivity index (χ1n) is 6.15. The third-order valence-corrected chi connectivity index (χ3v) is 3.05. The summed E-state index contributed by atoms with van der Waals surface area (Å²) >= 11 is 0. The molecule has 2 heteroatoms. The maximum absolute atomic E-state index is 10.1. The Hall–Kier alpha value is -1.02. The maximum Gasteiger partial charge on any atom is 0.119 e. The summed E-state index contributed by atoms with van der Waals surface area (Å²) in [5.41, 5.74) is 9.14. The Bertz CT molecular complexity index is 408. The van der Waals surface area contributed by atoms with Gasteiger partial charge in [-0.3, -0.25) is 0 Å². The third kappa shape index (κ3) is 2.81. The van der Waals surface area contributed by atoms with E-state index in [1.807, 2.05) is 6.07 Å². The van der Waals surface area contributed by atoms with Crippen molar-refractivity contribution in [3.63, 3.8) is 0 Å². The molecule has 1 aromatic rings. The predicted molar refractivity (Wildman–Crippen MR) is 73.4 cm³/mol. The highest BCUT2D eigenvalue weighted by molar-refractivity contribution is 5.50. The zero-order valence-corrected chi connectivity index (χ0v) is 11.9. The minimum atomic E-state index is -0.0972. The van der Waals surface area contributed by atoms with Crippen LogP contribution in [0, 0.1) is 0 Å². The topological polar surface area (TPSA) is 46.2 Å². The van der Waals surface area contributed by atoms with Crippen molar-refractivity contribution in [3.8, 4) is 5.75 Å². The number of hydrogen-bond donors (Lipinski definition) is 2. The van der Waals surface area contributed by atoms with Crippen molar-refractivity contribution in [2.24, 2.45) is 5.73 Å². The standard InChI is InChI=1S/C15H25NO/c1-14(2,3)11-7-8-12(17)13(10(11)9-16)15(4,5)6/h7-8,17H,9,16H2,1-6H3. The summed E-state index contributed by atoms with van der Waals surface area (Å²) < 4.78 is 0. The lowest BCUT2D eigenvalue weighted by Gasteiger charge is -2.30. The molecular weight excluding hydrogens is 210 g/mol. The zero-order chi connectivity index (χ0) is 13.4. The molecule has 0 aromatic heterocycles.